The molecule has 2 N–H and O–H groups in total. The molecule has 1 aromatic rings. The first-order chi connectivity index (χ1) is 11.0. The van der Waals surface area contributed by atoms with E-state index in [1.807, 2.05) is 25.1 Å². The first-order valence-electron chi connectivity index (χ1n) is 8.01. The molecular weight excluding hydrogens is 294 g/mol. The molecule has 0 unspecified atom stereocenters. The van der Waals surface area contributed by atoms with Gasteiger partial charge in [-0.25, -0.2) is 4.79 Å². The van der Waals surface area contributed by atoms with Crippen molar-refractivity contribution in [3.8, 4) is 0 Å². The molecule has 6 nitrogen and oxygen atoms in total. The monoisotopic (exact) mass is 315 g/mol. The molecule has 0 aromatic heterocycles. The second-order valence-corrected chi connectivity index (χ2v) is 6.38. The van der Waals surface area contributed by atoms with Crippen molar-refractivity contribution in [1.82, 2.24) is 10.2 Å². The van der Waals surface area contributed by atoms with Crippen molar-refractivity contribution < 1.29 is 14.4 Å². The van der Waals surface area contributed by atoms with Gasteiger partial charge >= 0.3 is 6.03 Å². The Bertz CT molecular complexity index is 650. The number of nitrogens with one attached hydrogen (secondary N) is 2. The van der Waals surface area contributed by atoms with Crippen LogP contribution in [-0.2, 0) is 9.59 Å². The van der Waals surface area contributed by atoms with Crippen molar-refractivity contribution in [2.24, 2.45) is 0 Å². The fourth-order valence-electron chi connectivity index (χ4n) is 3.38. The summed E-state index contributed by atoms with van der Waals surface area (Å²) in [5, 5.41) is 5.53. The predicted molar refractivity (Wildman–Crippen MR) is 85.9 cm³/mol. The number of benzene rings is 1. The molecule has 1 saturated carbocycles. The zero-order valence-electron chi connectivity index (χ0n) is 13.2. The number of urea groups is 1. The minimum Gasteiger partial charge on any atom is -0.325 e. The number of nitrogens with zero attached hydrogens (tertiary/aromatic N) is 1. The topological polar surface area (TPSA) is 78.5 Å². The summed E-state index contributed by atoms with van der Waals surface area (Å²) in [5.41, 5.74) is 0.909. The molecule has 122 valence electrons. The minimum atomic E-state index is -0.779. The summed E-state index contributed by atoms with van der Waals surface area (Å²) < 4.78 is 0. The highest BCUT2D eigenvalue weighted by atomic mass is 16.2. The first kappa shape index (κ1) is 15.5. The van der Waals surface area contributed by atoms with Crippen molar-refractivity contribution in [2.45, 2.75) is 44.6 Å². The Labute approximate surface area is 135 Å². The number of amides is 4. The van der Waals surface area contributed by atoms with E-state index in [2.05, 4.69) is 10.6 Å². The fourth-order valence-corrected chi connectivity index (χ4v) is 3.38. The van der Waals surface area contributed by atoms with E-state index in [0.29, 0.717) is 18.5 Å². The van der Waals surface area contributed by atoms with Crippen molar-refractivity contribution in [1.29, 1.82) is 0 Å². The number of rotatable bonds is 3. The number of hydrogen-bond acceptors (Lipinski definition) is 3. The number of aryl methyl sites for hydroxylation is 1. The molecule has 2 aliphatic rings. The molecule has 1 aromatic carbocycles. The Kier molecular flexibility index (Phi) is 4.07. The van der Waals surface area contributed by atoms with Crippen LogP contribution in [0.4, 0.5) is 10.5 Å². The van der Waals surface area contributed by atoms with Gasteiger partial charge in [-0.15, -0.1) is 0 Å². The Morgan fingerprint density at radius 1 is 1.26 bits per heavy atom. The van der Waals surface area contributed by atoms with Crippen LogP contribution in [0.1, 0.15) is 37.7 Å². The molecule has 0 radical (unpaired) electrons. The van der Waals surface area contributed by atoms with E-state index in [-0.39, 0.29) is 18.4 Å². The zero-order chi connectivity index (χ0) is 16.4. The van der Waals surface area contributed by atoms with Crippen LogP contribution in [0.2, 0.25) is 0 Å². The van der Waals surface area contributed by atoms with Crippen LogP contribution in [0.5, 0.6) is 0 Å². The van der Waals surface area contributed by atoms with Crippen LogP contribution in [0, 0.1) is 6.92 Å². The molecule has 23 heavy (non-hydrogen) atoms. The van der Waals surface area contributed by atoms with Gasteiger partial charge in [-0.3, -0.25) is 14.5 Å². The molecule has 1 heterocycles. The van der Waals surface area contributed by atoms with E-state index in [4.69, 9.17) is 0 Å². The van der Waals surface area contributed by atoms with Crippen LogP contribution in [0.25, 0.3) is 0 Å². The van der Waals surface area contributed by atoms with Gasteiger partial charge < -0.3 is 10.6 Å². The summed E-state index contributed by atoms with van der Waals surface area (Å²) in [6.45, 7) is 1.68. The van der Waals surface area contributed by atoms with Gasteiger partial charge in [0.05, 0.1) is 0 Å². The Balaban J connectivity index is 1.66. The molecule has 0 atom stereocenters. The van der Waals surface area contributed by atoms with Crippen LogP contribution in [0.15, 0.2) is 24.3 Å². The predicted octanol–water partition coefficient (Wildman–Crippen LogP) is 2.19. The molecule has 1 aliphatic carbocycles. The number of carbonyl (C=O) groups excluding carboxylic acids is 3. The van der Waals surface area contributed by atoms with E-state index in [1.165, 1.54) is 0 Å². The summed E-state index contributed by atoms with van der Waals surface area (Å²) in [6, 6.07) is 6.93. The molecular formula is C17H21N3O3. The molecule has 1 spiro atoms. The lowest BCUT2D eigenvalue weighted by molar-refractivity contribution is -0.134. The normalized spacial score (nSPS) is 19.8. The Morgan fingerprint density at radius 2 is 2.00 bits per heavy atom. The summed E-state index contributed by atoms with van der Waals surface area (Å²) >= 11 is 0. The number of imide groups is 1. The third-order valence-corrected chi connectivity index (χ3v) is 4.56. The first-order valence-corrected chi connectivity index (χ1v) is 8.01. The van der Waals surface area contributed by atoms with Gasteiger partial charge in [0, 0.05) is 5.69 Å². The minimum absolute atomic E-state index is 0.250. The second-order valence-electron chi connectivity index (χ2n) is 6.38. The Hall–Kier alpha value is -2.37. The fraction of sp³-hybridized carbons (Fsp3) is 0.471. The molecule has 1 aliphatic heterocycles. The lowest BCUT2D eigenvalue weighted by atomic mass is 9.82. The van der Waals surface area contributed by atoms with Crippen molar-refractivity contribution in [2.75, 3.05) is 11.9 Å². The number of hydrogen-bond donors (Lipinski definition) is 2. The van der Waals surface area contributed by atoms with Gasteiger partial charge in [-0.1, -0.05) is 31.4 Å². The highest BCUT2D eigenvalue weighted by Crippen LogP contribution is 2.33. The summed E-state index contributed by atoms with van der Waals surface area (Å²) in [7, 11) is 0. The van der Waals surface area contributed by atoms with E-state index in [0.717, 1.165) is 29.7 Å². The molecule has 6 heteroatoms. The zero-order valence-corrected chi connectivity index (χ0v) is 13.2. The molecule has 1 saturated heterocycles. The molecule has 0 bridgehead atoms. The maximum atomic E-state index is 12.6. The van der Waals surface area contributed by atoms with Gasteiger partial charge in [0.2, 0.25) is 5.91 Å². The van der Waals surface area contributed by atoms with Gasteiger partial charge in [0.1, 0.15) is 12.1 Å². The van der Waals surface area contributed by atoms with Crippen LogP contribution >= 0.6 is 0 Å². The summed E-state index contributed by atoms with van der Waals surface area (Å²) in [6.07, 6.45) is 4.25. The average molecular weight is 315 g/mol. The van der Waals surface area contributed by atoms with Gasteiger partial charge in [-0.05, 0) is 37.5 Å². The summed E-state index contributed by atoms with van der Waals surface area (Å²) in [5.74, 6) is -0.631. The third-order valence-electron chi connectivity index (χ3n) is 4.56. The lowest BCUT2D eigenvalue weighted by Crippen LogP contribution is -2.48. The van der Waals surface area contributed by atoms with Gasteiger partial charge in [0.15, 0.2) is 0 Å². The number of anilines is 1. The highest BCUT2D eigenvalue weighted by molar-refractivity contribution is 6.10. The molecule has 2 fully saturated rings. The summed E-state index contributed by atoms with van der Waals surface area (Å²) in [4.78, 5) is 37.9. The molecule has 3 rings (SSSR count). The lowest BCUT2D eigenvalue weighted by Gasteiger charge is -2.30. The second kappa shape index (κ2) is 6.02. The van der Waals surface area contributed by atoms with Crippen molar-refractivity contribution in [3.63, 3.8) is 0 Å². The SMILES string of the molecule is Cc1cccc(NC(=O)CN2C(=O)NC3(CCCCC3)C2=O)c1. The quantitative estimate of drug-likeness (QED) is 0.839. The highest BCUT2D eigenvalue weighted by Gasteiger charge is 2.51. The van der Waals surface area contributed by atoms with E-state index < -0.39 is 11.6 Å². The van der Waals surface area contributed by atoms with E-state index >= 15 is 0 Å². The van der Waals surface area contributed by atoms with E-state index in [9.17, 15) is 14.4 Å². The molecule has 4 amide bonds. The van der Waals surface area contributed by atoms with Gasteiger partial charge in [0.25, 0.3) is 5.91 Å². The Morgan fingerprint density at radius 3 is 2.70 bits per heavy atom. The average Bonchev–Trinajstić information content (AvgIpc) is 2.72. The third kappa shape index (κ3) is 3.06. The largest absolute Gasteiger partial charge is 0.325 e. The maximum Gasteiger partial charge on any atom is 0.325 e. The van der Waals surface area contributed by atoms with Crippen LogP contribution in [-0.4, -0.2) is 34.8 Å². The maximum absolute atomic E-state index is 12.6. The van der Waals surface area contributed by atoms with Crippen LogP contribution < -0.4 is 10.6 Å². The van der Waals surface area contributed by atoms with E-state index in [1.54, 1.807) is 6.07 Å². The van der Waals surface area contributed by atoms with Crippen molar-refractivity contribution in [3.05, 3.63) is 29.8 Å². The van der Waals surface area contributed by atoms with Crippen molar-refractivity contribution >= 4 is 23.5 Å². The number of carbonyl (C=O) groups is 3. The van der Waals surface area contributed by atoms with Gasteiger partial charge in [-0.2, -0.15) is 0 Å². The standard InChI is InChI=1S/C17H21N3O3/c1-12-6-5-7-13(10-12)18-14(21)11-20-15(22)17(19-16(20)23)8-3-2-4-9-17/h5-7,10H,2-4,8-9,11H2,1H3,(H,18,21)(H,19,23). The van der Waals surface area contributed by atoms with Crippen LogP contribution in [0.3, 0.4) is 0 Å². The smallest absolute Gasteiger partial charge is 0.325 e.